The lowest BCUT2D eigenvalue weighted by Crippen LogP contribution is -1.78. The lowest BCUT2D eigenvalue weighted by Gasteiger charge is -2.03. The van der Waals surface area contributed by atoms with Gasteiger partial charge >= 0.3 is 0 Å². The number of aromatic hydroxyl groups is 1. The molecule has 0 aliphatic heterocycles. The Hall–Kier alpha value is -3.03. The van der Waals surface area contributed by atoms with E-state index < -0.39 is 0 Å². The highest BCUT2D eigenvalue weighted by Gasteiger charge is 2.11. The van der Waals surface area contributed by atoms with E-state index in [9.17, 15) is 5.11 Å². The summed E-state index contributed by atoms with van der Waals surface area (Å²) < 4.78 is 0. The van der Waals surface area contributed by atoms with Gasteiger partial charge in [0.1, 0.15) is 5.75 Å². The van der Waals surface area contributed by atoms with Crippen LogP contribution in [0.3, 0.4) is 0 Å². The zero-order valence-corrected chi connectivity index (χ0v) is 14.7. The molecule has 124 valence electrons. The van der Waals surface area contributed by atoms with Gasteiger partial charge in [-0.3, -0.25) is 0 Å². The summed E-state index contributed by atoms with van der Waals surface area (Å²) in [5.41, 5.74) is 4.94. The lowest BCUT2D eigenvalue weighted by atomic mass is 10.0. The van der Waals surface area contributed by atoms with Gasteiger partial charge in [0, 0.05) is 15.8 Å². The second-order valence-corrected chi connectivity index (χ2v) is 6.92. The molecule has 0 saturated carbocycles. The maximum absolute atomic E-state index is 9.62. The Kier molecular flexibility index (Phi) is 3.37. The lowest BCUT2D eigenvalue weighted by molar-refractivity contribution is 0.481. The Labute approximate surface area is 156 Å². The number of benzene rings is 4. The summed E-state index contributed by atoms with van der Waals surface area (Å²) >= 11 is 6.10. The van der Waals surface area contributed by atoms with Crippen LogP contribution >= 0.6 is 11.6 Å². The summed E-state index contributed by atoms with van der Waals surface area (Å²) in [6, 6.07) is 19.9. The van der Waals surface area contributed by atoms with E-state index >= 15 is 0 Å². The molecule has 26 heavy (non-hydrogen) atoms. The third-order valence-electron chi connectivity index (χ3n) is 5.02. The molecule has 2 heteroatoms. The van der Waals surface area contributed by atoms with Gasteiger partial charge in [-0.25, -0.2) is 0 Å². The first-order valence-electron chi connectivity index (χ1n) is 8.54. The van der Waals surface area contributed by atoms with E-state index in [-0.39, 0.29) is 0 Å². The maximum atomic E-state index is 9.62. The van der Waals surface area contributed by atoms with Crippen molar-refractivity contribution in [3.8, 4) is 5.75 Å². The van der Waals surface area contributed by atoms with Crippen molar-refractivity contribution in [2.45, 2.75) is 0 Å². The normalized spacial score (nSPS) is 12.7. The van der Waals surface area contributed by atoms with E-state index in [1.54, 1.807) is 6.07 Å². The summed E-state index contributed by atoms with van der Waals surface area (Å²) in [6.45, 7) is 0. The molecule has 0 saturated heterocycles. The van der Waals surface area contributed by atoms with Crippen molar-refractivity contribution in [2.24, 2.45) is 0 Å². The summed E-state index contributed by atoms with van der Waals surface area (Å²) in [4.78, 5) is 0. The summed E-state index contributed by atoms with van der Waals surface area (Å²) in [5.74, 6) is 0.365. The molecule has 0 bridgehead atoms. The first-order valence-corrected chi connectivity index (χ1v) is 8.92. The van der Waals surface area contributed by atoms with Crippen LogP contribution in [-0.2, 0) is 0 Å². The molecule has 4 aromatic rings. The average molecular weight is 355 g/mol. The van der Waals surface area contributed by atoms with Gasteiger partial charge in [-0.1, -0.05) is 84.4 Å². The van der Waals surface area contributed by atoms with E-state index in [1.165, 1.54) is 33.0 Å². The second-order valence-electron chi connectivity index (χ2n) is 6.52. The van der Waals surface area contributed by atoms with E-state index in [2.05, 4.69) is 48.6 Å². The predicted octanol–water partition coefficient (Wildman–Crippen LogP) is 7.01. The third-order valence-corrected chi connectivity index (χ3v) is 5.35. The Morgan fingerprint density at radius 1 is 0.538 bits per heavy atom. The molecule has 0 fully saturated rings. The molecule has 1 N–H and O–H groups in total. The zero-order chi connectivity index (χ0) is 17.7. The molecule has 4 aromatic carbocycles. The van der Waals surface area contributed by atoms with Crippen LogP contribution in [0.2, 0.25) is 5.02 Å². The molecule has 1 nitrogen and oxygen atoms in total. The zero-order valence-electron chi connectivity index (χ0n) is 13.9. The fraction of sp³-hybridized carbons (Fsp3) is 0. The van der Waals surface area contributed by atoms with Crippen LogP contribution in [0.1, 0.15) is 22.3 Å². The van der Waals surface area contributed by atoms with Crippen molar-refractivity contribution < 1.29 is 5.11 Å². The van der Waals surface area contributed by atoms with Crippen LogP contribution in [0.5, 0.6) is 5.75 Å². The highest BCUT2D eigenvalue weighted by Crippen LogP contribution is 2.36. The van der Waals surface area contributed by atoms with Gasteiger partial charge in [-0.2, -0.15) is 0 Å². The third kappa shape index (κ3) is 2.25. The van der Waals surface area contributed by atoms with Gasteiger partial charge in [-0.15, -0.1) is 0 Å². The van der Waals surface area contributed by atoms with Crippen molar-refractivity contribution in [2.75, 3.05) is 0 Å². The smallest absolute Gasteiger partial charge is 0.123 e. The topological polar surface area (TPSA) is 20.2 Å². The molecular formula is C24H15ClO. The summed E-state index contributed by atoms with van der Waals surface area (Å²) in [5, 5.41) is 15.0. The molecule has 0 aromatic heterocycles. The van der Waals surface area contributed by atoms with E-state index in [4.69, 9.17) is 11.6 Å². The van der Waals surface area contributed by atoms with E-state index in [0.29, 0.717) is 5.75 Å². The number of halogens is 1. The van der Waals surface area contributed by atoms with Crippen LogP contribution in [0, 0.1) is 0 Å². The Balaban J connectivity index is 0.000000115. The van der Waals surface area contributed by atoms with E-state index in [0.717, 1.165) is 15.8 Å². The first-order chi connectivity index (χ1) is 12.7. The standard InChI is InChI=1S/C12H7Cl.C12H8O/c2*13-11-7-6-9-5-4-8-2-1-3-10(11)12(8)9/h1-7H;1-7,13H. The minimum absolute atomic E-state index is 0.365. The van der Waals surface area contributed by atoms with E-state index in [1.807, 2.05) is 30.3 Å². The minimum atomic E-state index is 0.365. The molecule has 0 unspecified atom stereocenters. The predicted molar refractivity (Wildman–Crippen MR) is 112 cm³/mol. The van der Waals surface area contributed by atoms with Crippen LogP contribution in [-0.4, -0.2) is 5.11 Å². The number of rotatable bonds is 0. The van der Waals surface area contributed by atoms with Crippen LogP contribution < -0.4 is 0 Å². The summed E-state index contributed by atoms with van der Waals surface area (Å²) in [6.07, 6.45) is 8.43. The van der Waals surface area contributed by atoms with Crippen molar-refractivity contribution in [1.29, 1.82) is 0 Å². The molecule has 0 atom stereocenters. The number of hydrogen-bond acceptors (Lipinski definition) is 1. The van der Waals surface area contributed by atoms with Crippen molar-refractivity contribution >= 4 is 57.4 Å². The van der Waals surface area contributed by atoms with Crippen LogP contribution in [0.25, 0.3) is 45.8 Å². The van der Waals surface area contributed by atoms with Crippen LogP contribution in [0.4, 0.5) is 0 Å². The van der Waals surface area contributed by atoms with Gasteiger partial charge in [-0.05, 0) is 45.2 Å². The average Bonchev–Trinajstić information content (AvgIpc) is 3.28. The number of hydrogen-bond donors (Lipinski definition) is 1. The molecule has 2 aliphatic carbocycles. The molecule has 2 aliphatic rings. The maximum Gasteiger partial charge on any atom is 0.123 e. The molecule has 6 rings (SSSR count). The van der Waals surface area contributed by atoms with Gasteiger partial charge in [0.05, 0.1) is 0 Å². The molecule has 0 radical (unpaired) electrons. The summed E-state index contributed by atoms with van der Waals surface area (Å²) in [7, 11) is 0. The number of phenolic OH excluding ortho intramolecular Hbond substituents is 1. The molecule has 0 spiro atoms. The Morgan fingerprint density at radius 3 is 1.69 bits per heavy atom. The highest BCUT2D eigenvalue weighted by atomic mass is 35.5. The Bertz CT molecular complexity index is 1120. The van der Waals surface area contributed by atoms with Gasteiger partial charge < -0.3 is 5.11 Å². The SMILES string of the molecule is Clc1ccc2c3c(cccc13)C=C2.Oc1ccc2c3c(cccc13)C=C2. The highest BCUT2D eigenvalue weighted by molar-refractivity contribution is 6.36. The van der Waals surface area contributed by atoms with Gasteiger partial charge in [0.25, 0.3) is 0 Å². The van der Waals surface area contributed by atoms with Crippen molar-refractivity contribution in [3.05, 3.63) is 87.9 Å². The van der Waals surface area contributed by atoms with Crippen molar-refractivity contribution in [3.63, 3.8) is 0 Å². The molecule has 0 heterocycles. The van der Waals surface area contributed by atoms with Crippen LogP contribution in [0.15, 0.2) is 60.7 Å². The molecular weight excluding hydrogens is 340 g/mol. The molecule has 0 amide bonds. The number of phenols is 1. The largest absolute Gasteiger partial charge is 0.507 e. The second kappa shape index (κ2) is 5.76. The van der Waals surface area contributed by atoms with Crippen molar-refractivity contribution in [1.82, 2.24) is 0 Å². The quantitative estimate of drug-likeness (QED) is 0.311. The fourth-order valence-corrected chi connectivity index (χ4v) is 4.01. The Morgan fingerprint density at radius 2 is 1.04 bits per heavy atom. The van der Waals surface area contributed by atoms with Gasteiger partial charge in [0.2, 0.25) is 0 Å². The first kappa shape index (κ1) is 15.2. The monoisotopic (exact) mass is 354 g/mol. The van der Waals surface area contributed by atoms with Gasteiger partial charge in [0.15, 0.2) is 0 Å². The minimum Gasteiger partial charge on any atom is -0.507 e. The fourth-order valence-electron chi connectivity index (χ4n) is 3.79.